The molecule has 0 spiro atoms. The maximum atomic E-state index is 13.0. The SMILES string of the molecule is CCCCCCCCCC(=O)OCC(COC(=O)CCCC1CCC2C3CCC4CCCCC4(C)C3CCC12C)OC(=O)CCCCCCCCC.NCCC(=O)O.NCCC(=O)O.NCCC(=O)O. The smallest absolute Gasteiger partial charge is 0.306 e. The van der Waals surface area contributed by atoms with Crippen molar-refractivity contribution < 1.29 is 58.3 Å². The van der Waals surface area contributed by atoms with Crippen molar-refractivity contribution in [3.8, 4) is 0 Å². The van der Waals surface area contributed by atoms with Crippen LogP contribution in [0.5, 0.6) is 0 Å². The molecule has 4 saturated carbocycles. The fourth-order valence-corrected chi connectivity index (χ4v) is 12.1. The number of rotatable bonds is 31. The number of ether oxygens (including phenoxy) is 3. The van der Waals surface area contributed by atoms with E-state index in [-0.39, 0.29) is 70.0 Å². The average Bonchev–Trinajstić information content (AvgIpc) is 3.65. The third-order valence-electron chi connectivity index (χ3n) is 15.9. The zero-order valence-electron chi connectivity index (χ0n) is 44.4. The molecule has 15 heteroatoms. The molecule has 0 amide bonds. The highest BCUT2D eigenvalue weighted by Gasteiger charge is 2.59. The van der Waals surface area contributed by atoms with Crippen molar-refractivity contribution in [2.45, 2.75) is 239 Å². The van der Waals surface area contributed by atoms with E-state index in [1.54, 1.807) is 0 Å². The van der Waals surface area contributed by atoms with Gasteiger partial charge in [-0.3, -0.25) is 28.8 Å². The molecule has 8 unspecified atom stereocenters. The van der Waals surface area contributed by atoms with Crippen LogP contribution in [0, 0.1) is 40.4 Å². The first-order chi connectivity index (χ1) is 33.5. The lowest BCUT2D eigenvalue weighted by molar-refractivity contribution is -0.167. The number of carboxylic acid groups (broad SMARTS) is 3. The Morgan fingerprint density at radius 3 is 1.43 bits per heavy atom. The highest BCUT2D eigenvalue weighted by Crippen LogP contribution is 2.68. The van der Waals surface area contributed by atoms with Crippen molar-refractivity contribution in [3.63, 3.8) is 0 Å². The fourth-order valence-electron chi connectivity index (χ4n) is 12.1. The zero-order chi connectivity index (χ0) is 52.2. The molecule has 0 aromatic heterocycles. The summed E-state index contributed by atoms with van der Waals surface area (Å²) in [5.74, 6) is 1.02. The van der Waals surface area contributed by atoms with Gasteiger partial charge in [0.15, 0.2) is 6.10 Å². The molecule has 4 rings (SSSR count). The first kappa shape index (κ1) is 64.7. The Balaban J connectivity index is 0.00000115. The number of unbranched alkanes of at least 4 members (excludes halogenated alkanes) is 12. The van der Waals surface area contributed by atoms with Gasteiger partial charge in [-0.25, -0.2) is 0 Å². The van der Waals surface area contributed by atoms with E-state index >= 15 is 0 Å². The van der Waals surface area contributed by atoms with Gasteiger partial charge in [0.2, 0.25) is 0 Å². The highest BCUT2D eigenvalue weighted by molar-refractivity contribution is 5.71. The maximum Gasteiger partial charge on any atom is 0.306 e. The molecule has 0 aromatic carbocycles. The highest BCUT2D eigenvalue weighted by atomic mass is 16.6. The van der Waals surface area contributed by atoms with Crippen LogP contribution in [0.15, 0.2) is 0 Å². The minimum absolute atomic E-state index is 0.0572. The molecule has 9 N–H and O–H groups in total. The van der Waals surface area contributed by atoms with Crippen molar-refractivity contribution >= 4 is 35.8 Å². The predicted molar refractivity (Wildman–Crippen MR) is 275 cm³/mol. The predicted octanol–water partition coefficient (Wildman–Crippen LogP) is 10.7. The average molecular weight is 996 g/mol. The lowest BCUT2D eigenvalue weighted by Crippen LogP contribution is -2.52. The number of fused-ring (bicyclic) bond motifs is 5. The minimum Gasteiger partial charge on any atom is -0.481 e. The quantitative estimate of drug-likeness (QED) is 0.0214. The molecular formula is C55H101N3O12. The van der Waals surface area contributed by atoms with Gasteiger partial charge < -0.3 is 46.7 Å². The molecular weight excluding hydrogens is 895 g/mol. The molecule has 15 nitrogen and oxygen atoms in total. The molecule has 4 fully saturated rings. The number of hydrogen-bond donors (Lipinski definition) is 6. The molecule has 70 heavy (non-hydrogen) atoms. The van der Waals surface area contributed by atoms with E-state index in [2.05, 4.69) is 27.7 Å². The lowest BCUT2D eigenvalue weighted by atomic mass is 9.45. The molecule has 0 bridgehead atoms. The second kappa shape index (κ2) is 38.3. The summed E-state index contributed by atoms with van der Waals surface area (Å²) in [6.45, 7) is 10.3. The molecule has 4 aliphatic rings. The van der Waals surface area contributed by atoms with Crippen molar-refractivity contribution in [1.82, 2.24) is 0 Å². The second-order valence-corrected chi connectivity index (χ2v) is 21.1. The number of nitrogens with two attached hydrogens (primary N) is 3. The van der Waals surface area contributed by atoms with Crippen LogP contribution in [0.3, 0.4) is 0 Å². The molecule has 0 aromatic rings. The molecule has 0 saturated heterocycles. The van der Waals surface area contributed by atoms with Gasteiger partial charge in [-0.2, -0.15) is 0 Å². The van der Waals surface area contributed by atoms with Gasteiger partial charge >= 0.3 is 35.8 Å². The van der Waals surface area contributed by atoms with Crippen molar-refractivity contribution in [2.24, 2.45) is 57.6 Å². The summed E-state index contributed by atoms with van der Waals surface area (Å²) in [5.41, 5.74) is 15.5. The van der Waals surface area contributed by atoms with E-state index in [4.69, 9.17) is 46.7 Å². The van der Waals surface area contributed by atoms with Crippen LogP contribution >= 0.6 is 0 Å². The Morgan fingerprint density at radius 2 is 0.957 bits per heavy atom. The van der Waals surface area contributed by atoms with Crippen LogP contribution in [0.4, 0.5) is 0 Å². The monoisotopic (exact) mass is 996 g/mol. The third kappa shape index (κ3) is 26.4. The van der Waals surface area contributed by atoms with Crippen LogP contribution in [0.25, 0.3) is 0 Å². The standard InChI is InChI=1S/C46H80O6.3C3H7NO2/c1-5-7-9-11-13-15-17-24-42(47)50-34-38(52-44(49)25-18-16-14-12-10-8-6-2)35-51-43(48)26-21-23-37-28-30-40-39-29-27-36-22-19-20-32-45(36,3)41(39)31-33-46(37,40)4;3*4-2-1-3(5)6/h36-41H,5-35H2,1-4H3;3*1-2,4H2,(H,5,6). The summed E-state index contributed by atoms with van der Waals surface area (Å²) in [5, 5.41) is 23.5. The number of aliphatic carboxylic acids is 3. The normalized spacial score (nSPS) is 24.5. The third-order valence-corrected chi connectivity index (χ3v) is 15.9. The minimum atomic E-state index is -0.836. The van der Waals surface area contributed by atoms with Crippen molar-refractivity contribution in [3.05, 3.63) is 0 Å². The van der Waals surface area contributed by atoms with Crippen LogP contribution < -0.4 is 17.2 Å². The van der Waals surface area contributed by atoms with Gasteiger partial charge in [-0.05, 0) is 117 Å². The van der Waals surface area contributed by atoms with E-state index in [0.717, 1.165) is 75.0 Å². The molecule has 0 radical (unpaired) electrons. The van der Waals surface area contributed by atoms with Gasteiger partial charge in [-0.1, -0.05) is 118 Å². The van der Waals surface area contributed by atoms with E-state index < -0.39 is 24.0 Å². The maximum absolute atomic E-state index is 13.0. The molecule has 408 valence electrons. The number of carboxylic acids is 3. The first-order valence-electron chi connectivity index (χ1n) is 27.8. The summed E-state index contributed by atoms with van der Waals surface area (Å²) in [6, 6.07) is 0. The summed E-state index contributed by atoms with van der Waals surface area (Å²) in [7, 11) is 0. The Labute approximate surface area is 422 Å². The molecule has 8 atom stereocenters. The Morgan fingerprint density at radius 1 is 0.500 bits per heavy atom. The van der Waals surface area contributed by atoms with Crippen molar-refractivity contribution in [2.75, 3.05) is 32.8 Å². The van der Waals surface area contributed by atoms with E-state index in [0.29, 0.717) is 36.0 Å². The zero-order valence-corrected chi connectivity index (χ0v) is 44.4. The van der Waals surface area contributed by atoms with Crippen LogP contribution in [-0.4, -0.2) is 90.1 Å². The molecule has 4 aliphatic carbocycles. The van der Waals surface area contributed by atoms with Crippen LogP contribution in [0.1, 0.15) is 233 Å². The largest absolute Gasteiger partial charge is 0.481 e. The van der Waals surface area contributed by atoms with E-state index in [1.165, 1.54) is 116 Å². The topological polar surface area (TPSA) is 269 Å². The summed E-state index contributed by atoms with van der Waals surface area (Å²) < 4.78 is 16.9. The summed E-state index contributed by atoms with van der Waals surface area (Å²) in [6.07, 6.45) is 32.4. The van der Waals surface area contributed by atoms with Gasteiger partial charge in [0.05, 0.1) is 19.3 Å². The van der Waals surface area contributed by atoms with Gasteiger partial charge in [0.25, 0.3) is 0 Å². The number of carbonyl (C=O) groups is 6. The van der Waals surface area contributed by atoms with Gasteiger partial charge in [-0.15, -0.1) is 0 Å². The summed E-state index contributed by atoms with van der Waals surface area (Å²) in [4.78, 5) is 66.8. The Kier molecular flexibility index (Phi) is 35.4. The summed E-state index contributed by atoms with van der Waals surface area (Å²) >= 11 is 0. The molecule has 0 aliphatic heterocycles. The van der Waals surface area contributed by atoms with E-state index in [1.807, 2.05) is 0 Å². The fraction of sp³-hybridized carbons (Fsp3) is 0.891. The number of hydrogen-bond acceptors (Lipinski definition) is 12. The number of esters is 3. The molecule has 0 heterocycles. The van der Waals surface area contributed by atoms with Gasteiger partial charge in [0, 0.05) is 38.9 Å². The van der Waals surface area contributed by atoms with Crippen LogP contribution in [0.2, 0.25) is 0 Å². The van der Waals surface area contributed by atoms with Crippen molar-refractivity contribution in [1.29, 1.82) is 0 Å². The lowest BCUT2D eigenvalue weighted by Gasteiger charge is -2.60. The number of carbonyl (C=O) groups excluding carboxylic acids is 3. The second-order valence-electron chi connectivity index (χ2n) is 21.1. The van der Waals surface area contributed by atoms with E-state index in [9.17, 15) is 28.8 Å². The van der Waals surface area contributed by atoms with Gasteiger partial charge in [0.1, 0.15) is 13.2 Å². The first-order valence-corrected chi connectivity index (χ1v) is 27.8. The Hall–Kier alpha value is -3.30. The Bertz CT molecular complexity index is 1430. The van der Waals surface area contributed by atoms with Crippen LogP contribution in [-0.2, 0) is 43.0 Å².